The molecule has 2 heterocycles. The summed E-state index contributed by atoms with van der Waals surface area (Å²) in [6.45, 7) is 0. The van der Waals surface area contributed by atoms with E-state index in [4.69, 9.17) is 4.74 Å². The van der Waals surface area contributed by atoms with Crippen molar-refractivity contribution in [2.45, 2.75) is 44.6 Å². The third kappa shape index (κ3) is 4.07. The standard InChI is InChI=1S/C26H24BrN3O4/c27-21-22(26(23(21)31)10-2-1-3-11-26)30-20(25(32)33)14-16-4-6-18(7-5-16)34-24-19-15-28-12-8-17(19)9-13-29-24/h4-9,12-13,15,20,30H,1-3,10-11,14H2,(H,32,33)/t20-/m0/s1. The Balaban J connectivity index is 1.30. The van der Waals surface area contributed by atoms with Gasteiger partial charge in [0.2, 0.25) is 5.88 Å². The minimum absolute atomic E-state index is 0.0950. The van der Waals surface area contributed by atoms with Crippen molar-refractivity contribution in [2.75, 3.05) is 0 Å². The molecule has 34 heavy (non-hydrogen) atoms. The van der Waals surface area contributed by atoms with Crippen LogP contribution in [0.3, 0.4) is 0 Å². The van der Waals surface area contributed by atoms with Gasteiger partial charge in [0.1, 0.15) is 11.8 Å². The van der Waals surface area contributed by atoms with E-state index in [9.17, 15) is 14.7 Å². The lowest BCUT2D eigenvalue weighted by Crippen LogP contribution is -2.53. The molecule has 1 atom stereocenters. The van der Waals surface area contributed by atoms with Crippen LogP contribution in [0.4, 0.5) is 0 Å². The average molecular weight is 522 g/mol. The SMILES string of the molecule is O=C(O)[C@H](Cc1ccc(Oc2nccc3ccncc23)cc1)NC1=C(Br)C(=O)C12CCCCC2. The number of carboxylic acids is 1. The van der Waals surface area contributed by atoms with Gasteiger partial charge in [-0.2, -0.15) is 0 Å². The number of fused-ring (bicyclic) bond motifs is 1. The molecule has 3 aromatic rings. The summed E-state index contributed by atoms with van der Waals surface area (Å²) in [5, 5.41) is 14.8. The highest BCUT2D eigenvalue weighted by molar-refractivity contribution is 9.12. The van der Waals surface area contributed by atoms with Gasteiger partial charge in [0.15, 0.2) is 5.78 Å². The van der Waals surface area contributed by atoms with Gasteiger partial charge in [0.25, 0.3) is 0 Å². The fourth-order valence-electron chi connectivity index (χ4n) is 4.90. The van der Waals surface area contributed by atoms with Crippen molar-refractivity contribution < 1.29 is 19.4 Å². The van der Waals surface area contributed by atoms with Gasteiger partial charge in [-0.25, -0.2) is 9.78 Å². The fraction of sp³-hybridized carbons (Fsp3) is 0.308. The number of rotatable bonds is 7. The van der Waals surface area contributed by atoms with Gasteiger partial charge in [0.05, 0.1) is 15.3 Å². The zero-order valence-electron chi connectivity index (χ0n) is 18.5. The Kier molecular flexibility index (Phi) is 6.08. The van der Waals surface area contributed by atoms with E-state index >= 15 is 0 Å². The molecule has 1 saturated carbocycles. The molecule has 1 spiro atoms. The average Bonchev–Trinajstić information content (AvgIpc) is 2.87. The molecule has 0 bridgehead atoms. The molecule has 5 rings (SSSR count). The summed E-state index contributed by atoms with van der Waals surface area (Å²) in [6.07, 6.45) is 10.0. The number of carbonyl (C=O) groups excluding carboxylic acids is 1. The Bertz CT molecular complexity index is 1280. The van der Waals surface area contributed by atoms with E-state index in [1.54, 1.807) is 30.7 Å². The van der Waals surface area contributed by atoms with Gasteiger partial charge in [-0.3, -0.25) is 9.78 Å². The number of ether oxygens (including phenoxy) is 1. The summed E-state index contributed by atoms with van der Waals surface area (Å²) in [6, 6.07) is 10.3. The summed E-state index contributed by atoms with van der Waals surface area (Å²) < 4.78 is 6.44. The van der Waals surface area contributed by atoms with Crippen molar-refractivity contribution in [1.82, 2.24) is 15.3 Å². The van der Waals surface area contributed by atoms with Crippen molar-refractivity contribution in [2.24, 2.45) is 5.41 Å². The Hall–Kier alpha value is -3.26. The van der Waals surface area contributed by atoms with Crippen LogP contribution in [0.5, 0.6) is 11.6 Å². The number of pyridine rings is 2. The largest absolute Gasteiger partial charge is 0.480 e. The lowest BCUT2D eigenvalue weighted by atomic mass is 9.62. The first-order chi connectivity index (χ1) is 16.5. The smallest absolute Gasteiger partial charge is 0.326 e. The third-order valence-electron chi connectivity index (χ3n) is 6.76. The van der Waals surface area contributed by atoms with Crippen LogP contribution in [-0.2, 0) is 16.0 Å². The maximum Gasteiger partial charge on any atom is 0.326 e. The first kappa shape index (κ1) is 22.5. The number of benzene rings is 1. The number of aliphatic carboxylic acids is 1. The third-order valence-corrected chi connectivity index (χ3v) is 7.52. The molecule has 0 radical (unpaired) electrons. The van der Waals surface area contributed by atoms with Crippen LogP contribution in [0, 0.1) is 5.41 Å². The van der Waals surface area contributed by atoms with E-state index in [-0.39, 0.29) is 12.2 Å². The van der Waals surface area contributed by atoms with Crippen LogP contribution < -0.4 is 10.1 Å². The van der Waals surface area contributed by atoms with Gasteiger partial charge in [-0.05, 0) is 64.0 Å². The Morgan fingerprint density at radius 2 is 1.85 bits per heavy atom. The number of nitrogens with zero attached hydrogens (tertiary/aromatic N) is 2. The fourth-order valence-corrected chi connectivity index (χ4v) is 5.77. The summed E-state index contributed by atoms with van der Waals surface area (Å²) in [7, 11) is 0. The zero-order valence-corrected chi connectivity index (χ0v) is 20.0. The minimum Gasteiger partial charge on any atom is -0.480 e. The van der Waals surface area contributed by atoms with Crippen LogP contribution in [-0.4, -0.2) is 32.9 Å². The highest BCUT2D eigenvalue weighted by Crippen LogP contribution is 2.53. The number of carboxylic acid groups (broad SMARTS) is 1. The van der Waals surface area contributed by atoms with Crippen molar-refractivity contribution in [3.8, 4) is 11.6 Å². The van der Waals surface area contributed by atoms with Gasteiger partial charge in [-0.1, -0.05) is 31.4 Å². The number of nitrogens with one attached hydrogen (secondary N) is 1. The number of aromatic nitrogens is 2. The topological polar surface area (TPSA) is 101 Å². The first-order valence-corrected chi connectivity index (χ1v) is 12.2. The molecule has 2 aliphatic carbocycles. The molecule has 2 aromatic heterocycles. The van der Waals surface area contributed by atoms with E-state index in [1.165, 1.54) is 0 Å². The molecular weight excluding hydrogens is 498 g/mol. The van der Waals surface area contributed by atoms with Gasteiger partial charge in [-0.15, -0.1) is 0 Å². The van der Waals surface area contributed by atoms with Crippen molar-refractivity contribution in [1.29, 1.82) is 0 Å². The number of Topliss-reactive ketones (excluding diaryl/α,β-unsaturated/α-hetero) is 1. The zero-order chi connectivity index (χ0) is 23.7. The molecule has 7 nitrogen and oxygen atoms in total. The monoisotopic (exact) mass is 521 g/mol. The van der Waals surface area contributed by atoms with Crippen molar-refractivity contribution in [3.05, 3.63) is 70.7 Å². The summed E-state index contributed by atoms with van der Waals surface area (Å²) in [5.74, 6) is 0.208. The van der Waals surface area contributed by atoms with E-state index < -0.39 is 17.4 Å². The number of carbonyl (C=O) groups is 2. The van der Waals surface area contributed by atoms with Gasteiger partial charge in [0, 0.05) is 30.7 Å². The lowest BCUT2D eigenvalue weighted by molar-refractivity contribution is -0.140. The normalized spacial score (nSPS) is 18.0. The molecule has 8 heteroatoms. The predicted octanol–water partition coefficient (Wildman–Crippen LogP) is 5.15. The number of hydrogen-bond acceptors (Lipinski definition) is 6. The molecule has 2 N–H and O–H groups in total. The summed E-state index contributed by atoms with van der Waals surface area (Å²) in [4.78, 5) is 33.1. The summed E-state index contributed by atoms with van der Waals surface area (Å²) in [5.41, 5.74) is 1.06. The second-order valence-corrected chi connectivity index (χ2v) is 9.65. The molecule has 1 aromatic carbocycles. The molecule has 0 aliphatic heterocycles. The van der Waals surface area contributed by atoms with E-state index in [1.807, 2.05) is 24.3 Å². The predicted molar refractivity (Wildman–Crippen MR) is 131 cm³/mol. The second kappa shape index (κ2) is 9.18. The van der Waals surface area contributed by atoms with Crippen LogP contribution in [0.15, 0.2) is 65.2 Å². The van der Waals surface area contributed by atoms with Crippen molar-refractivity contribution in [3.63, 3.8) is 0 Å². The number of halogens is 1. The van der Waals surface area contributed by atoms with Crippen LogP contribution in [0.1, 0.15) is 37.7 Å². The maximum absolute atomic E-state index is 12.6. The van der Waals surface area contributed by atoms with Crippen LogP contribution >= 0.6 is 15.9 Å². The van der Waals surface area contributed by atoms with Crippen molar-refractivity contribution >= 4 is 38.5 Å². The Labute approximate surface area is 205 Å². The lowest BCUT2D eigenvalue weighted by Gasteiger charge is -2.46. The van der Waals surface area contributed by atoms with Gasteiger partial charge >= 0.3 is 5.97 Å². The highest BCUT2D eigenvalue weighted by Gasteiger charge is 2.53. The van der Waals surface area contributed by atoms with E-state index in [2.05, 4.69) is 31.2 Å². The molecule has 0 unspecified atom stereocenters. The molecule has 0 amide bonds. The maximum atomic E-state index is 12.6. The Morgan fingerprint density at radius 3 is 2.59 bits per heavy atom. The molecule has 2 aliphatic rings. The molecular formula is C26H24BrN3O4. The number of allylic oxidation sites excluding steroid dienone is 2. The summed E-state index contributed by atoms with van der Waals surface area (Å²) >= 11 is 3.37. The van der Waals surface area contributed by atoms with Crippen LogP contribution in [0.25, 0.3) is 10.8 Å². The minimum atomic E-state index is -0.953. The molecule has 1 fully saturated rings. The van der Waals surface area contributed by atoms with Gasteiger partial charge < -0.3 is 15.2 Å². The number of ketones is 1. The molecule has 174 valence electrons. The Morgan fingerprint density at radius 1 is 1.12 bits per heavy atom. The second-order valence-electron chi connectivity index (χ2n) is 8.86. The quantitative estimate of drug-likeness (QED) is 0.443. The highest BCUT2D eigenvalue weighted by atomic mass is 79.9. The molecule has 0 saturated heterocycles. The number of hydrogen-bond donors (Lipinski definition) is 2. The van der Waals surface area contributed by atoms with E-state index in [0.717, 1.165) is 54.1 Å². The van der Waals surface area contributed by atoms with Crippen LogP contribution in [0.2, 0.25) is 0 Å². The van der Waals surface area contributed by atoms with E-state index in [0.29, 0.717) is 16.1 Å². The first-order valence-electron chi connectivity index (χ1n) is 11.4.